The maximum atomic E-state index is 12.8. The maximum absolute atomic E-state index is 12.8. The molecule has 2 aliphatic carbocycles. The van der Waals surface area contributed by atoms with Crippen LogP contribution in [-0.4, -0.2) is 25.2 Å². The van der Waals surface area contributed by atoms with E-state index in [4.69, 9.17) is 15.2 Å². The van der Waals surface area contributed by atoms with Gasteiger partial charge in [-0.3, -0.25) is 0 Å². The normalized spacial score (nSPS) is 10.8. The second kappa shape index (κ2) is 11.7. The van der Waals surface area contributed by atoms with Crippen molar-refractivity contribution in [2.75, 3.05) is 23.8 Å². The molecule has 0 radical (unpaired) electrons. The molecule has 5 rings (SSSR count). The lowest BCUT2D eigenvalue weighted by Crippen LogP contribution is -2.09. The first-order valence-corrected chi connectivity index (χ1v) is 13.2. The standard InChI is InChI=1S/C34H30N2O4/c1-3-39-33(37)30-28-21-17-24(18-22-29(28)31(32(30)35)34(38)40-4-2)23-15-19-27(20-16-23)36(25-11-7-5-8-12-25)26-13-9-6-10-14-26/h5-22H,3-4,35H2,1-2H3. The van der Waals surface area contributed by atoms with E-state index in [1.165, 1.54) is 0 Å². The smallest absolute Gasteiger partial charge is 0.340 e. The number of nitrogens with zero attached hydrogens (tertiary/aromatic N) is 1. The number of hydrogen-bond donors (Lipinski definition) is 1. The van der Waals surface area contributed by atoms with Crippen molar-refractivity contribution in [2.24, 2.45) is 0 Å². The molecule has 40 heavy (non-hydrogen) atoms. The highest BCUT2D eigenvalue weighted by Gasteiger charge is 2.30. The van der Waals surface area contributed by atoms with Crippen LogP contribution in [-0.2, 0) is 9.47 Å². The van der Waals surface area contributed by atoms with Gasteiger partial charge in [-0.25, -0.2) is 9.59 Å². The molecule has 2 aliphatic rings. The van der Waals surface area contributed by atoms with Crippen molar-refractivity contribution in [2.45, 2.75) is 13.8 Å². The SMILES string of the molecule is CCOC(=O)c1c2ccc(-c3ccc(N(c4ccccc4)c4ccccc4)cc3)ccc-2c(C(=O)OCC)c1N. The third-order valence-corrected chi connectivity index (χ3v) is 6.67. The van der Waals surface area contributed by atoms with Gasteiger partial charge in [0.15, 0.2) is 0 Å². The zero-order valence-electron chi connectivity index (χ0n) is 22.5. The van der Waals surface area contributed by atoms with E-state index in [0.717, 1.165) is 28.2 Å². The monoisotopic (exact) mass is 530 g/mol. The summed E-state index contributed by atoms with van der Waals surface area (Å²) in [5, 5.41) is 0. The number of carbonyl (C=O) groups is 2. The molecule has 0 bridgehead atoms. The minimum Gasteiger partial charge on any atom is -0.462 e. The van der Waals surface area contributed by atoms with Gasteiger partial charge in [-0.15, -0.1) is 0 Å². The molecule has 6 heteroatoms. The van der Waals surface area contributed by atoms with Crippen LogP contribution in [0.4, 0.5) is 22.7 Å². The highest BCUT2D eigenvalue weighted by Crippen LogP contribution is 2.41. The molecule has 0 aromatic heterocycles. The van der Waals surface area contributed by atoms with Gasteiger partial charge in [0.25, 0.3) is 0 Å². The van der Waals surface area contributed by atoms with Crippen molar-refractivity contribution in [3.63, 3.8) is 0 Å². The molecule has 0 atom stereocenters. The predicted octanol–water partition coefficient (Wildman–Crippen LogP) is 7.86. The molecule has 2 N–H and O–H groups in total. The Balaban J connectivity index is 1.57. The molecular weight excluding hydrogens is 500 g/mol. The highest BCUT2D eigenvalue weighted by atomic mass is 16.5. The summed E-state index contributed by atoms with van der Waals surface area (Å²) in [5.74, 6) is -1.14. The lowest BCUT2D eigenvalue weighted by molar-refractivity contribution is 0.0525. The van der Waals surface area contributed by atoms with Crippen molar-refractivity contribution in [3.8, 4) is 22.3 Å². The molecule has 0 heterocycles. The van der Waals surface area contributed by atoms with Crippen molar-refractivity contribution >= 4 is 34.7 Å². The first-order valence-electron chi connectivity index (χ1n) is 13.2. The topological polar surface area (TPSA) is 81.9 Å². The van der Waals surface area contributed by atoms with Crippen LogP contribution in [0, 0.1) is 0 Å². The molecule has 6 nitrogen and oxygen atoms in total. The molecule has 0 saturated heterocycles. The van der Waals surface area contributed by atoms with E-state index in [0.29, 0.717) is 11.1 Å². The van der Waals surface area contributed by atoms with Crippen LogP contribution < -0.4 is 10.6 Å². The van der Waals surface area contributed by atoms with Gasteiger partial charge in [-0.05, 0) is 72.5 Å². The number of nitrogens with two attached hydrogens (primary N) is 1. The Kier molecular flexibility index (Phi) is 7.78. The van der Waals surface area contributed by atoms with Crippen molar-refractivity contribution < 1.29 is 19.1 Å². The fourth-order valence-corrected chi connectivity index (χ4v) is 4.88. The van der Waals surface area contributed by atoms with E-state index in [1.54, 1.807) is 13.8 Å². The van der Waals surface area contributed by atoms with E-state index >= 15 is 0 Å². The van der Waals surface area contributed by atoms with E-state index in [2.05, 4.69) is 53.4 Å². The summed E-state index contributed by atoms with van der Waals surface area (Å²) >= 11 is 0. The highest BCUT2D eigenvalue weighted by molar-refractivity contribution is 6.15. The Morgan fingerprint density at radius 2 is 0.950 bits per heavy atom. The van der Waals surface area contributed by atoms with E-state index in [-0.39, 0.29) is 30.0 Å². The minimum atomic E-state index is -0.570. The van der Waals surface area contributed by atoms with Crippen LogP contribution in [0.1, 0.15) is 34.6 Å². The number of hydrogen-bond acceptors (Lipinski definition) is 6. The van der Waals surface area contributed by atoms with Crippen LogP contribution in [0.5, 0.6) is 0 Å². The van der Waals surface area contributed by atoms with Gasteiger partial charge in [0.05, 0.1) is 30.0 Å². The molecule has 0 unspecified atom stereocenters. The fourth-order valence-electron chi connectivity index (χ4n) is 4.88. The van der Waals surface area contributed by atoms with Gasteiger partial charge < -0.3 is 20.1 Å². The number of benzene rings is 3. The fraction of sp³-hybridized carbons (Fsp3) is 0.118. The number of ether oxygens (including phenoxy) is 2. The molecule has 3 aromatic carbocycles. The van der Waals surface area contributed by atoms with Gasteiger partial charge in [0.1, 0.15) is 0 Å². The summed E-state index contributed by atoms with van der Waals surface area (Å²) in [6.07, 6.45) is 0. The predicted molar refractivity (Wildman–Crippen MR) is 160 cm³/mol. The van der Waals surface area contributed by atoms with Gasteiger partial charge in [-0.1, -0.05) is 72.8 Å². The first kappa shape index (κ1) is 26.5. The van der Waals surface area contributed by atoms with Crippen LogP contribution in [0.3, 0.4) is 0 Å². The van der Waals surface area contributed by atoms with E-state index in [1.807, 2.05) is 60.7 Å². The molecular formula is C34H30N2O4. The van der Waals surface area contributed by atoms with E-state index in [9.17, 15) is 9.59 Å². The van der Waals surface area contributed by atoms with Crippen LogP contribution in [0.2, 0.25) is 0 Å². The molecule has 0 saturated carbocycles. The van der Waals surface area contributed by atoms with Crippen molar-refractivity contribution in [1.82, 2.24) is 0 Å². The maximum Gasteiger partial charge on any atom is 0.340 e. The largest absolute Gasteiger partial charge is 0.462 e. The zero-order chi connectivity index (χ0) is 28.1. The molecule has 0 fully saturated rings. The Bertz CT molecular complexity index is 1500. The lowest BCUT2D eigenvalue weighted by Gasteiger charge is -2.25. The number of rotatable bonds is 8. The van der Waals surface area contributed by atoms with Crippen LogP contribution in [0.25, 0.3) is 22.3 Å². The van der Waals surface area contributed by atoms with Gasteiger partial charge >= 0.3 is 11.9 Å². The molecule has 0 aliphatic heterocycles. The average molecular weight is 531 g/mol. The summed E-state index contributed by atoms with van der Waals surface area (Å²) in [5.41, 5.74) is 12.8. The summed E-state index contributed by atoms with van der Waals surface area (Å²) in [4.78, 5) is 27.8. The van der Waals surface area contributed by atoms with Crippen molar-refractivity contribution in [1.29, 1.82) is 0 Å². The zero-order valence-corrected chi connectivity index (χ0v) is 22.5. The van der Waals surface area contributed by atoms with Gasteiger partial charge in [0, 0.05) is 17.1 Å². The second-order valence-electron chi connectivity index (χ2n) is 9.11. The van der Waals surface area contributed by atoms with Gasteiger partial charge in [-0.2, -0.15) is 0 Å². The molecule has 3 aromatic rings. The number of esters is 2. The summed E-state index contributed by atoms with van der Waals surface area (Å²) in [6.45, 7) is 3.84. The average Bonchev–Trinajstić information content (AvgIpc) is 3.10. The number of anilines is 4. The minimum absolute atomic E-state index is 0.0749. The van der Waals surface area contributed by atoms with Crippen LogP contribution >= 0.6 is 0 Å². The molecule has 0 amide bonds. The Hall–Kier alpha value is -5.10. The number of carbonyl (C=O) groups excluding carboxylic acids is 2. The quantitative estimate of drug-likeness (QED) is 0.206. The number of fused-ring (bicyclic) bond motifs is 1. The Morgan fingerprint density at radius 3 is 1.35 bits per heavy atom. The second-order valence-corrected chi connectivity index (χ2v) is 9.11. The lowest BCUT2D eigenvalue weighted by atomic mass is 10.1. The summed E-state index contributed by atoms with van der Waals surface area (Å²) < 4.78 is 10.5. The number of nitrogen functional groups attached to an aromatic ring is 1. The van der Waals surface area contributed by atoms with Crippen LogP contribution in [0.15, 0.2) is 109 Å². The summed E-state index contributed by atoms with van der Waals surface area (Å²) in [7, 11) is 0. The third-order valence-electron chi connectivity index (χ3n) is 6.67. The van der Waals surface area contributed by atoms with Gasteiger partial charge in [0.2, 0.25) is 0 Å². The van der Waals surface area contributed by atoms with Crippen molar-refractivity contribution in [3.05, 3.63) is 120 Å². The summed E-state index contributed by atoms with van der Waals surface area (Å²) in [6, 6.07) is 36.1. The first-order chi connectivity index (χ1) is 19.5. The van der Waals surface area contributed by atoms with E-state index < -0.39 is 11.9 Å². The Morgan fingerprint density at radius 1 is 0.575 bits per heavy atom. The molecule has 0 spiro atoms. The molecule has 200 valence electrons. The Labute approximate surface area is 233 Å². The number of para-hydroxylation sites is 2. The third kappa shape index (κ3) is 5.12.